The fourth-order valence-electron chi connectivity index (χ4n) is 7.33. The van der Waals surface area contributed by atoms with Crippen molar-refractivity contribution in [1.29, 1.82) is 10.5 Å². The van der Waals surface area contributed by atoms with E-state index in [4.69, 9.17) is 0 Å². The molecule has 7 aromatic rings. The molecule has 0 fully saturated rings. The molecule has 16 heteroatoms. The maximum absolute atomic E-state index is 14.4. The summed E-state index contributed by atoms with van der Waals surface area (Å²) < 4.78 is 175. The lowest BCUT2D eigenvalue weighted by Crippen LogP contribution is -2.37. The summed E-state index contributed by atoms with van der Waals surface area (Å²) >= 11 is 0. The third-order valence-corrected chi connectivity index (χ3v) is 9.22. The van der Waals surface area contributed by atoms with Gasteiger partial charge in [0, 0.05) is 21.5 Å². The van der Waals surface area contributed by atoms with E-state index in [-0.39, 0.29) is 56.3 Å². The van der Waals surface area contributed by atoms with Gasteiger partial charge in [-0.1, -0.05) is 66.7 Å². The van der Waals surface area contributed by atoms with Crippen molar-refractivity contribution in [3.63, 3.8) is 0 Å². The van der Waals surface area contributed by atoms with E-state index in [1.165, 1.54) is 53.1 Å². The third kappa shape index (κ3) is 5.55. The number of nitrogens with zero attached hydrogens (tertiary/aromatic N) is 4. The molecule has 0 bridgehead atoms. The lowest BCUT2D eigenvalue weighted by molar-refractivity contribution is -0.253. The Bertz CT molecular complexity index is 2600. The Morgan fingerprint density at radius 1 is 0.426 bits per heavy atom. The van der Waals surface area contributed by atoms with Gasteiger partial charge in [0.15, 0.2) is 11.8 Å². The van der Waals surface area contributed by atoms with Gasteiger partial charge in [-0.2, -0.15) is 63.2 Å². The Kier molecular flexibility index (Phi) is 8.18. The maximum atomic E-state index is 14.4. The molecule has 54 heavy (non-hydrogen) atoms. The number of hydrogen-bond acceptors (Lipinski definition) is 2. The number of hydrogen-bond donors (Lipinski definition) is 0. The van der Waals surface area contributed by atoms with Crippen molar-refractivity contribution in [2.45, 2.75) is 36.5 Å². The Balaban J connectivity index is 1.78. The summed E-state index contributed by atoms with van der Waals surface area (Å²) in [6.07, 6.45) is -24.9. The van der Waals surface area contributed by atoms with Crippen LogP contribution in [0.15, 0.2) is 97.1 Å². The van der Waals surface area contributed by atoms with Crippen molar-refractivity contribution in [2.75, 3.05) is 0 Å². The van der Waals surface area contributed by atoms with Crippen LogP contribution in [-0.2, 0) is 0 Å². The van der Waals surface area contributed by atoms with Crippen LogP contribution < -0.4 is 0 Å². The van der Waals surface area contributed by atoms with Gasteiger partial charge in [-0.3, -0.25) is 0 Å². The van der Waals surface area contributed by atoms with Crippen LogP contribution >= 0.6 is 0 Å². The van der Waals surface area contributed by atoms with Crippen LogP contribution in [0.4, 0.5) is 52.7 Å². The van der Waals surface area contributed by atoms with E-state index in [1.54, 1.807) is 24.3 Å². The lowest BCUT2D eigenvalue weighted by atomic mass is 9.87. The Morgan fingerprint density at radius 2 is 0.870 bits per heavy atom. The third-order valence-electron chi connectivity index (χ3n) is 9.22. The summed E-state index contributed by atoms with van der Waals surface area (Å²) in [6.45, 7) is 0. The van der Waals surface area contributed by atoms with Gasteiger partial charge in [-0.15, -0.1) is 0 Å². The van der Waals surface area contributed by atoms with Gasteiger partial charge in [0.05, 0.1) is 44.6 Å². The van der Waals surface area contributed by atoms with Gasteiger partial charge in [0.2, 0.25) is 0 Å². The van der Waals surface area contributed by atoms with Gasteiger partial charge < -0.3 is 9.13 Å². The Morgan fingerprint density at radius 3 is 1.35 bits per heavy atom. The molecule has 0 N–H and O–H groups in total. The predicted octanol–water partition coefficient (Wildman–Crippen LogP) is 12.0. The first kappa shape index (κ1) is 36.2. The van der Waals surface area contributed by atoms with Crippen molar-refractivity contribution < 1.29 is 52.7 Å². The first-order valence-corrected chi connectivity index (χ1v) is 15.6. The van der Waals surface area contributed by atoms with Crippen LogP contribution in [0.25, 0.3) is 55.0 Å². The second kappa shape index (κ2) is 12.2. The summed E-state index contributed by atoms with van der Waals surface area (Å²) in [5.74, 6) is -9.01. The zero-order valence-corrected chi connectivity index (χ0v) is 26.7. The maximum Gasteiger partial charge on any atom is 0.404 e. The van der Waals surface area contributed by atoms with Crippen LogP contribution in [-0.4, -0.2) is 33.8 Å². The molecule has 0 aliphatic heterocycles. The average molecular weight is 759 g/mol. The second-order valence-corrected chi connectivity index (χ2v) is 12.3. The van der Waals surface area contributed by atoms with E-state index < -0.39 is 53.4 Å². The SMILES string of the molecule is N#Cc1cccc(C#N)c1-n1c2ccccc2c2ccc3c(c4ccccc4n3-c3c(C(C(F)(F)F)C(F)(F)F)cccc3C(C(F)(F)F)C(F)(F)F)c21. The van der Waals surface area contributed by atoms with Gasteiger partial charge in [0.25, 0.3) is 0 Å². The van der Waals surface area contributed by atoms with E-state index in [9.17, 15) is 63.2 Å². The van der Waals surface area contributed by atoms with Crippen LogP contribution in [0.3, 0.4) is 0 Å². The Hall–Kier alpha value is -6.16. The predicted molar refractivity (Wildman–Crippen MR) is 174 cm³/mol. The monoisotopic (exact) mass is 758 g/mol. The molecule has 274 valence electrons. The van der Waals surface area contributed by atoms with Crippen molar-refractivity contribution in [1.82, 2.24) is 9.13 Å². The molecule has 4 nitrogen and oxygen atoms in total. The molecule has 0 saturated heterocycles. The number of benzene rings is 5. The summed E-state index contributed by atoms with van der Waals surface area (Å²) in [4.78, 5) is 0. The number of alkyl halides is 12. The van der Waals surface area contributed by atoms with Crippen molar-refractivity contribution in [3.05, 3.63) is 119 Å². The summed E-state index contributed by atoms with van der Waals surface area (Å²) in [5, 5.41) is 21.1. The molecule has 2 heterocycles. The van der Waals surface area contributed by atoms with E-state index >= 15 is 0 Å². The number of para-hydroxylation sites is 4. The fraction of sp³-hybridized carbons (Fsp3) is 0.158. The Labute approximate surface area is 295 Å². The molecule has 0 amide bonds. The first-order chi connectivity index (χ1) is 25.3. The van der Waals surface area contributed by atoms with Crippen molar-refractivity contribution >= 4 is 43.6 Å². The number of fused-ring (bicyclic) bond motifs is 7. The molecule has 0 aliphatic rings. The van der Waals surface area contributed by atoms with Crippen LogP contribution in [0.2, 0.25) is 0 Å². The second-order valence-electron chi connectivity index (χ2n) is 12.3. The minimum absolute atomic E-state index is 0.0113. The molecule has 2 aromatic heterocycles. The normalized spacial score (nSPS) is 13.1. The average Bonchev–Trinajstić information content (AvgIpc) is 3.58. The first-order valence-electron chi connectivity index (χ1n) is 15.6. The molecule has 0 atom stereocenters. The zero-order valence-electron chi connectivity index (χ0n) is 26.7. The number of rotatable bonds is 4. The topological polar surface area (TPSA) is 57.4 Å². The van der Waals surface area contributed by atoms with Crippen molar-refractivity contribution in [3.8, 4) is 23.5 Å². The van der Waals surface area contributed by atoms with Crippen LogP contribution in [0.1, 0.15) is 34.1 Å². The van der Waals surface area contributed by atoms with Crippen LogP contribution in [0, 0.1) is 22.7 Å². The largest absolute Gasteiger partial charge is 0.404 e. The highest BCUT2D eigenvalue weighted by Crippen LogP contribution is 2.54. The molecule has 0 unspecified atom stereocenters. The minimum Gasteiger partial charge on any atom is -0.309 e. The molecule has 0 saturated carbocycles. The molecule has 0 radical (unpaired) electrons. The number of halogens is 12. The van der Waals surface area contributed by atoms with Crippen molar-refractivity contribution in [2.24, 2.45) is 0 Å². The highest BCUT2D eigenvalue weighted by molar-refractivity contribution is 6.26. The molecule has 7 rings (SSSR count). The highest BCUT2D eigenvalue weighted by atomic mass is 19.4. The van der Waals surface area contributed by atoms with Crippen LogP contribution in [0.5, 0.6) is 0 Å². The molecule has 0 aliphatic carbocycles. The minimum atomic E-state index is -6.22. The molecular formula is C38H18F12N4. The summed E-state index contributed by atoms with van der Waals surface area (Å²) in [5.41, 5.74) is -5.61. The number of nitriles is 2. The van der Waals surface area contributed by atoms with Gasteiger partial charge in [0.1, 0.15) is 12.1 Å². The van der Waals surface area contributed by atoms with Gasteiger partial charge in [-0.05, 0) is 41.5 Å². The van der Waals surface area contributed by atoms with Gasteiger partial charge >= 0.3 is 24.7 Å². The molecular weight excluding hydrogens is 740 g/mol. The standard InChI is InChI=1S/C38H18F12N4/c39-35(40,41)33(36(42,43)44)24-11-6-12-25(34(37(45,46)47)38(48,49)50)31(24)53-27-14-4-2-10-23(27)29-28(53)16-15-22-21-9-1-3-13-26(21)54(32(22)29)30-19(17-51)7-5-8-20(30)18-52/h1-16,33-34H. The van der Waals surface area contributed by atoms with E-state index in [0.29, 0.717) is 26.9 Å². The lowest BCUT2D eigenvalue weighted by Gasteiger charge is -2.31. The quantitative estimate of drug-likeness (QED) is 0.168. The summed E-state index contributed by atoms with van der Waals surface area (Å²) in [7, 11) is 0. The smallest absolute Gasteiger partial charge is 0.309 e. The highest BCUT2D eigenvalue weighted by Gasteiger charge is 2.61. The van der Waals surface area contributed by atoms with Gasteiger partial charge in [-0.25, -0.2) is 0 Å². The molecule has 0 spiro atoms. The van der Waals surface area contributed by atoms with E-state index in [0.717, 1.165) is 6.07 Å². The fourth-order valence-corrected chi connectivity index (χ4v) is 7.33. The number of aromatic nitrogens is 2. The van der Waals surface area contributed by atoms with E-state index in [1.807, 2.05) is 12.1 Å². The molecule has 5 aromatic carbocycles. The zero-order chi connectivity index (χ0) is 39.1. The van der Waals surface area contributed by atoms with E-state index in [2.05, 4.69) is 0 Å². The summed E-state index contributed by atoms with van der Waals surface area (Å²) in [6, 6.07) is 23.2.